The SMILES string of the molecule is CCCOc1cncc(N2CCN(C)CC2)c1. The van der Waals surface area contributed by atoms with Gasteiger partial charge in [0, 0.05) is 32.2 Å². The van der Waals surface area contributed by atoms with Crippen LogP contribution in [0.25, 0.3) is 0 Å². The van der Waals surface area contributed by atoms with Crippen molar-refractivity contribution in [2.24, 2.45) is 0 Å². The molecule has 0 atom stereocenters. The number of hydrogen-bond donors (Lipinski definition) is 0. The average molecular weight is 235 g/mol. The topological polar surface area (TPSA) is 28.6 Å². The minimum absolute atomic E-state index is 0.758. The highest BCUT2D eigenvalue weighted by Crippen LogP contribution is 2.20. The van der Waals surface area contributed by atoms with E-state index in [4.69, 9.17) is 4.74 Å². The first kappa shape index (κ1) is 12.2. The summed E-state index contributed by atoms with van der Waals surface area (Å²) >= 11 is 0. The molecule has 1 aromatic heterocycles. The van der Waals surface area contributed by atoms with Crippen molar-refractivity contribution >= 4 is 5.69 Å². The molecule has 4 nitrogen and oxygen atoms in total. The molecular formula is C13H21N3O. The average Bonchev–Trinajstić information content (AvgIpc) is 2.37. The molecule has 0 N–H and O–H groups in total. The fraction of sp³-hybridized carbons (Fsp3) is 0.615. The van der Waals surface area contributed by atoms with Crippen molar-refractivity contribution in [1.29, 1.82) is 0 Å². The molecule has 0 aliphatic carbocycles. The molecule has 0 aromatic carbocycles. The molecule has 1 saturated heterocycles. The molecule has 0 saturated carbocycles. The molecule has 1 aliphatic heterocycles. The van der Waals surface area contributed by atoms with Crippen LogP contribution in [0.4, 0.5) is 5.69 Å². The van der Waals surface area contributed by atoms with Gasteiger partial charge in [-0.15, -0.1) is 0 Å². The second-order valence-corrected chi connectivity index (χ2v) is 4.52. The molecule has 0 amide bonds. The number of aromatic nitrogens is 1. The third-order valence-corrected chi connectivity index (χ3v) is 3.04. The zero-order valence-corrected chi connectivity index (χ0v) is 10.7. The van der Waals surface area contributed by atoms with E-state index in [1.807, 2.05) is 6.20 Å². The minimum Gasteiger partial charge on any atom is -0.492 e. The number of nitrogens with zero attached hydrogens (tertiary/aromatic N) is 3. The normalized spacial score (nSPS) is 17.2. The third kappa shape index (κ3) is 3.33. The lowest BCUT2D eigenvalue weighted by molar-refractivity contribution is 0.309. The molecule has 17 heavy (non-hydrogen) atoms. The van der Waals surface area contributed by atoms with Gasteiger partial charge in [-0.1, -0.05) is 6.92 Å². The number of anilines is 1. The first-order valence-corrected chi connectivity index (χ1v) is 6.31. The summed E-state index contributed by atoms with van der Waals surface area (Å²) in [6, 6.07) is 2.09. The van der Waals surface area contributed by atoms with Crippen LogP contribution in [0, 0.1) is 0 Å². The van der Waals surface area contributed by atoms with Crippen LogP contribution in [0.1, 0.15) is 13.3 Å². The van der Waals surface area contributed by atoms with Crippen molar-refractivity contribution in [2.45, 2.75) is 13.3 Å². The van der Waals surface area contributed by atoms with Crippen molar-refractivity contribution in [2.75, 3.05) is 44.7 Å². The van der Waals surface area contributed by atoms with E-state index in [1.165, 1.54) is 5.69 Å². The van der Waals surface area contributed by atoms with Crippen molar-refractivity contribution < 1.29 is 4.74 Å². The van der Waals surface area contributed by atoms with E-state index in [9.17, 15) is 0 Å². The maximum Gasteiger partial charge on any atom is 0.139 e. The Bertz CT molecular complexity index is 348. The summed E-state index contributed by atoms with van der Waals surface area (Å²) in [6.45, 7) is 7.22. The summed E-state index contributed by atoms with van der Waals surface area (Å²) < 4.78 is 5.61. The molecule has 1 fully saturated rings. The second-order valence-electron chi connectivity index (χ2n) is 4.52. The number of likely N-dealkylation sites (N-methyl/N-ethyl adjacent to an activating group) is 1. The smallest absolute Gasteiger partial charge is 0.139 e. The Hall–Kier alpha value is -1.29. The Balaban J connectivity index is 2.00. The summed E-state index contributed by atoms with van der Waals surface area (Å²) in [5.74, 6) is 0.878. The van der Waals surface area contributed by atoms with Gasteiger partial charge in [-0.3, -0.25) is 4.98 Å². The maximum absolute atomic E-state index is 5.61. The van der Waals surface area contributed by atoms with Crippen molar-refractivity contribution in [3.05, 3.63) is 18.5 Å². The van der Waals surface area contributed by atoms with Crippen LogP contribution < -0.4 is 9.64 Å². The van der Waals surface area contributed by atoms with Gasteiger partial charge in [-0.05, 0) is 13.5 Å². The molecule has 0 bridgehead atoms. The first-order valence-electron chi connectivity index (χ1n) is 6.31. The predicted molar refractivity (Wildman–Crippen MR) is 69.7 cm³/mol. The van der Waals surface area contributed by atoms with E-state index >= 15 is 0 Å². The van der Waals surface area contributed by atoms with Crippen molar-refractivity contribution in [1.82, 2.24) is 9.88 Å². The highest BCUT2D eigenvalue weighted by atomic mass is 16.5. The van der Waals surface area contributed by atoms with Crippen LogP contribution in [0.3, 0.4) is 0 Å². The van der Waals surface area contributed by atoms with Crippen molar-refractivity contribution in [3.63, 3.8) is 0 Å². The fourth-order valence-electron chi connectivity index (χ4n) is 1.94. The zero-order chi connectivity index (χ0) is 12.1. The monoisotopic (exact) mass is 235 g/mol. The van der Waals surface area contributed by atoms with E-state index in [-0.39, 0.29) is 0 Å². The number of hydrogen-bond acceptors (Lipinski definition) is 4. The lowest BCUT2D eigenvalue weighted by Crippen LogP contribution is -2.44. The van der Waals surface area contributed by atoms with Gasteiger partial charge in [0.2, 0.25) is 0 Å². The van der Waals surface area contributed by atoms with Crippen LogP contribution in [-0.2, 0) is 0 Å². The Kier molecular flexibility index (Phi) is 4.20. The Morgan fingerprint density at radius 2 is 2.00 bits per heavy atom. The van der Waals surface area contributed by atoms with Gasteiger partial charge in [0.25, 0.3) is 0 Å². The molecule has 2 heterocycles. The third-order valence-electron chi connectivity index (χ3n) is 3.04. The molecule has 1 aliphatic rings. The van der Waals surface area contributed by atoms with Gasteiger partial charge < -0.3 is 14.5 Å². The zero-order valence-electron chi connectivity index (χ0n) is 10.7. The summed E-state index contributed by atoms with van der Waals surface area (Å²) in [5.41, 5.74) is 1.17. The number of ether oxygens (including phenoxy) is 1. The Morgan fingerprint density at radius 3 is 2.71 bits per heavy atom. The van der Waals surface area contributed by atoms with Crippen LogP contribution in [-0.4, -0.2) is 49.7 Å². The number of piperazine rings is 1. The van der Waals surface area contributed by atoms with Gasteiger partial charge in [-0.2, -0.15) is 0 Å². The minimum atomic E-state index is 0.758. The predicted octanol–water partition coefficient (Wildman–Crippen LogP) is 1.62. The molecule has 1 aromatic rings. The van der Waals surface area contributed by atoms with E-state index in [2.05, 4.69) is 34.8 Å². The largest absolute Gasteiger partial charge is 0.492 e. The van der Waals surface area contributed by atoms with E-state index < -0.39 is 0 Å². The van der Waals surface area contributed by atoms with Crippen LogP contribution in [0.2, 0.25) is 0 Å². The standard InChI is InChI=1S/C13H21N3O/c1-3-8-17-13-9-12(10-14-11-13)16-6-4-15(2)5-7-16/h9-11H,3-8H2,1-2H3. The fourth-order valence-corrected chi connectivity index (χ4v) is 1.94. The summed E-state index contributed by atoms with van der Waals surface area (Å²) in [6.07, 6.45) is 4.73. The van der Waals surface area contributed by atoms with Gasteiger partial charge in [0.05, 0.1) is 24.7 Å². The maximum atomic E-state index is 5.61. The molecule has 0 unspecified atom stereocenters. The van der Waals surface area contributed by atoms with Gasteiger partial charge in [0.1, 0.15) is 5.75 Å². The van der Waals surface area contributed by atoms with Gasteiger partial charge >= 0.3 is 0 Å². The highest BCUT2D eigenvalue weighted by molar-refractivity contribution is 5.48. The van der Waals surface area contributed by atoms with Crippen LogP contribution in [0.5, 0.6) is 5.75 Å². The van der Waals surface area contributed by atoms with Gasteiger partial charge in [0.15, 0.2) is 0 Å². The van der Waals surface area contributed by atoms with Gasteiger partial charge in [-0.25, -0.2) is 0 Å². The van der Waals surface area contributed by atoms with E-state index in [1.54, 1.807) is 6.20 Å². The summed E-state index contributed by atoms with van der Waals surface area (Å²) in [5, 5.41) is 0. The Morgan fingerprint density at radius 1 is 1.24 bits per heavy atom. The van der Waals surface area contributed by atoms with E-state index in [0.717, 1.165) is 45.0 Å². The highest BCUT2D eigenvalue weighted by Gasteiger charge is 2.14. The molecule has 94 valence electrons. The summed E-state index contributed by atoms with van der Waals surface area (Å²) in [7, 11) is 2.16. The number of rotatable bonds is 4. The second kappa shape index (κ2) is 5.87. The molecule has 4 heteroatoms. The molecular weight excluding hydrogens is 214 g/mol. The lowest BCUT2D eigenvalue weighted by Gasteiger charge is -2.33. The molecule has 0 radical (unpaired) electrons. The van der Waals surface area contributed by atoms with Crippen LogP contribution >= 0.6 is 0 Å². The first-order chi connectivity index (χ1) is 8.29. The van der Waals surface area contributed by atoms with E-state index in [0.29, 0.717) is 0 Å². The van der Waals surface area contributed by atoms with Crippen molar-refractivity contribution in [3.8, 4) is 5.75 Å². The quantitative estimate of drug-likeness (QED) is 0.793. The summed E-state index contributed by atoms with van der Waals surface area (Å²) in [4.78, 5) is 8.97. The number of pyridine rings is 1. The van der Waals surface area contributed by atoms with Crippen LogP contribution in [0.15, 0.2) is 18.5 Å². The molecule has 2 rings (SSSR count). The Labute approximate surface area is 103 Å². The molecule has 0 spiro atoms. The lowest BCUT2D eigenvalue weighted by atomic mass is 10.3.